The minimum atomic E-state index is -1.000. The van der Waals surface area contributed by atoms with E-state index in [9.17, 15) is 9.59 Å². The molecule has 2 rings (SSSR count). The molecule has 0 bridgehead atoms. The molecule has 1 saturated heterocycles. The van der Waals surface area contributed by atoms with E-state index in [0.29, 0.717) is 18.1 Å². The van der Waals surface area contributed by atoms with Crippen LogP contribution < -0.4 is 5.32 Å². The molecule has 0 spiro atoms. The summed E-state index contributed by atoms with van der Waals surface area (Å²) in [5, 5.41) is 11.6. The van der Waals surface area contributed by atoms with Crippen LogP contribution >= 0.6 is 11.3 Å². The Morgan fingerprint density at radius 2 is 1.94 bits per heavy atom. The maximum absolute atomic E-state index is 11.8. The van der Waals surface area contributed by atoms with Gasteiger partial charge in [-0.05, 0) is 25.0 Å². The van der Waals surface area contributed by atoms with Gasteiger partial charge in [-0.15, -0.1) is 11.3 Å². The average Bonchev–Trinajstić information content (AvgIpc) is 2.79. The maximum Gasteiger partial charge on any atom is 0.345 e. The lowest BCUT2D eigenvalue weighted by molar-refractivity contribution is 0.0692. The fraction of sp³-hybridized carbons (Fsp3) is 0.455. The molecule has 0 radical (unpaired) electrons. The number of rotatable bonds is 3. The van der Waals surface area contributed by atoms with Gasteiger partial charge in [0, 0.05) is 19.3 Å². The molecule has 2 N–H and O–H groups in total. The van der Waals surface area contributed by atoms with E-state index in [-0.39, 0.29) is 16.8 Å². The van der Waals surface area contributed by atoms with Crippen LogP contribution in [-0.2, 0) is 4.74 Å². The topological polar surface area (TPSA) is 75.6 Å². The number of hydrogen-bond acceptors (Lipinski definition) is 4. The molecule has 0 atom stereocenters. The number of aromatic carboxylic acids is 1. The van der Waals surface area contributed by atoms with Gasteiger partial charge in [-0.3, -0.25) is 4.79 Å². The highest BCUT2D eigenvalue weighted by molar-refractivity contribution is 7.15. The summed E-state index contributed by atoms with van der Waals surface area (Å²) < 4.78 is 5.20. The summed E-state index contributed by atoms with van der Waals surface area (Å²) in [5.41, 5.74) is 0. The van der Waals surface area contributed by atoms with Crippen LogP contribution in [-0.4, -0.2) is 36.2 Å². The highest BCUT2D eigenvalue weighted by Crippen LogP contribution is 2.17. The molecule has 1 aliphatic heterocycles. The first kappa shape index (κ1) is 12.1. The van der Waals surface area contributed by atoms with Gasteiger partial charge in [0.25, 0.3) is 5.91 Å². The Kier molecular flexibility index (Phi) is 3.75. The van der Waals surface area contributed by atoms with E-state index >= 15 is 0 Å². The standard InChI is InChI=1S/C11H13NO4S/c13-10(12-7-3-5-16-6-4-7)8-1-2-9(17-8)11(14)15/h1-2,7H,3-6H2,(H,12,13)(H,14,15). The highest BCUT2D eigenvalue weighted by atomic mass is 32.1. The largest absolute Gasteiger partial charge is 0.477 e. The van der Waals surface area contributed by atoms with Crippen molar-refractivity contribution in [1.82, 2.24) is 5.32 Å². The van der Waals surface area contributed by atoms with Crippen molar-refractivity contribution in [2.24, 2.45) is 0 Å². The number of amides is 1. The third-order valence-corrected chi connectivity index (χ3v) is 3.67. The fourth-order valence-corrected chi connectivity index (χ4v) is 2.42. The molecule has 1 aromatic rings. The maximum atomic E-state index is 11.8. The number of carbonyl (C=O) groups is 2. The van der Waals surface area contributed by atoms with Crippen LogP contribution in [0.15, 0.2) is 12.1 Å². The fourth-order valence-electron chi connectivity index (χ4n) is 1.67. The van der Waals surface area contributed by atoms with Crippen LogP contribution in [0.25, 0.3) is 0 Å². The van der Waals surface area contributed by atoms with Crippen LogP contribution in [0.2, 0.25) is 0 Å². The van der Waals surface area contributed by atoms with Gasteiger partial charge in [0.1, 0.15) is 4.88 Å². The zero-order chi connectivity index (χ0) is 12.3. The van der Waals surface area contributed by atoms with E-state index in [1.54, 1.807) is 6.07 Å². The van der Waals surface area contributed by atoms with E-state index < -0.39 is 5.97 Å². The molecule has 17 heavy (non-hydrogen) atoms. The van der Waals surface area contributed by atoms with Gasteiger partial charge >= 0.3 is 5.97 Å². The molecule has 92 valence electrons. The molecule has 1 aliphatic rings. The normalized spacial score (nSPS) is 16.7. The number of thiophene rings is 1. The average molecular weight is 255 g/mol. The zero-order valence-corrected chi connectivity index (χ0v) is 9.96. The zero-order valence-electron chi connectivity index (χ0n) is 9.14. The van der Waals surface area contributed by atoms with Crippen molar-refractivity contribution in [3.8, 4) is 0 Å². The number of nitrogens with one attached hydrogen (secondary N) is 1. The second kappa shape index (κ2) is 5.29. The molecule has 5 nitrogen and oxygen atoms in total. The summed E-state index contributed by atoms with van der Waals surface area (Å²) in [4.78, 5) is 23.1. The predicted molar refractivity (Wildman–Crippen MR) is 62.6 cm³/mol. The van der Waals surface area contributed by atoms with Crippen molar-refractivity contribution in [3.63, 3.8) is 0 Å². The Bertz CT molecular complexity index is 423. The Morgan fingerprint density at radius 3 is 2.53 bits per heavy atom. The molecule has 0 saturated carbocycles. The molecule has 0 aromatic carbocycles. The van der Waals surface area contributed by atoms with Crippen molar-refractivity contribution in [2.45, 2.75) is 18.9 Å². The number of ether oxygens (including phenoxy) is 1. The molecule has 2 heterocycles. The van der Waals surface area contributed by atoms with Gasteiger partial charge < -0.3 is 15.2 Å². The third-order valence-electron chi connectivity index (χ3n) is 2.60. The van der Waals surface area contributed by atoms with Crippen molar-refractivity contribution >= 4 is 23.2 Å². The van der Waals surface area contributed by atoms with Crippen LogP contribution in [0.1, 0.15) is 32.2 Å². The van der Waals surface area contributed by atoms with Crippen LogP contribution in [0.4, 0.5) is 0 Å². The van der Waals surface area contributed by atoms with E-state index in [2.05, 4.69) is 5.32 Å². The van der Waals surface area contributed by atoms with Gasteiger partial charge in [-0.25, -0.2) is 4.79 Å². The van der Waals surface area contributed by atoms with Gasteiger partial charge in [0.05, 0.1) is 4.88 Å². The molecule has 0 aliphatic carbocycles. The Labute approximate surface area is 102 Å². The SMILES string of the molecule is O=C(O)c1ccc(C(=O)NC2CCOCC2)s1. The first-order chi connectivity index (χ1) is 8.16. The van der Waals surface area contributed by atoms with Crippen molar-refractivity contribution in [1.29, 1.82) is 0 Å². The monoisotopic (exact) mass is 255 g/mol. The molecule has 6 heteroatoms. The summed E-state index contributed by atoms with van der Waals surface area (Å²) in [7, 11) is 0. The lowest BCUT2D eigenvalue weighted by Gasteiger charge is -2.22. The van der Waals surface area contributed by atoms with Gasteiger partial charge in [0.15, 0.2) is 0 Å². The van der Waals surface area contributed by atoms with Crippen molar-refractivity contribution < 1.29 is 19.4 Å². The second-order valence-electron chi connectivity index (χ2n) is 3.83. The van der Waals surface area contributed by atoms with E-state index in [4.69, 9.17) is 9.84 Å². The Balaban J connectivity index is 1.96. The highest BCUT2D eigenvalue weighted by Gasteiger charge is 2.18. The lowest BCUT2D eigenvalue weighted by Crippen LogP contribution is -2.38. The summed E-state index contributed by atoms with van der Waals surface area (Å²) in [6.45, 7) is 1.32. The summed E-state index contributed by atoms with van der Waals surface area (Å²) in [5.74, 6) is -1.20. The van der Waals surface area contributed by atoms with Crippen molar-refractivity contribution in [3.05, 3.63) is 21.9 Å². The molecule has 1 aromatic heterocycles. The number of hydrogen-bond donors (Lipinski definition) is 2. The Hall–Kier alpha value is -1.40. The van der Waals surface area contributed by atoms with Crippen LogP contribution in [0, 0.1) is 0 Å². The van der Waals surface area contributed by atoms with E-state index in [1.165, 1.54) is 6.07 Å². The van der Waals surface area contributed by atoms with E-state index in [1.807, 2.05) is 0 Å². The molecular weight excluding hydrogens is 242 g/mol. The van der Waals surface area contributed by atoms with E-state index in [0.717, 1.165) is 24.2 Å². The van der Waals surface area contributed by atoms with Crippen molar-refractivity contribution in [2.75, 3.05) is 13.2 Å². The number of carboxylic acids is 1. The Morgan fingerprint density at radius 1 is 1.29 bits per heavy atom. The lowest BCUT2D eigenvalue weighted by atomic mass is 10.1. The predicted octanol–water partition coefficient (Wildman–Crippen LogP) is 1.36. The van der Waals surface area contributed by atoms with Gasteiger partial charge in [0.2, 0.25) is 0 Å². The molecule has 1 amide bonds. The molecule has 1 fully saturated rings. The molecule has 0 unspecified atom stereocenters. The first-order valence-electron chi connectivity index (χ1n) is 5.38. The second-order valence-corrected chi connectivity index (χ2v) is 4.91. The van der Waals surface area contributed by atoms with Crippen LogP contribution in [0.3, 0.4) is 0 Å². The van der Waals surface area contributed by atoms with Gasteiger partial charge in [-0.1, -0.05) is 0 Å². The smallest absolute Gasteiger partial charge is 0.345 e. The minimum Gasteiger partial charge on any atom is -0.477 e. The minimum absolute atomic E-state index is 0.131. The summed E-state index contributed by atoms with van der Waals surface area (Å²) in [6, 6.07) is 3.13. The quantitative estimate of drug-likeness (QED) is 0.855. The summed E-state index contributed by atoms with van der Waals surface area (Å²) >= 11 is 0.995. The first-order valence-corrected chi connectivity index (χ1v) is 6.20. The number of carbonyl (C=O) groups excluding carboxylic acids is 1. The third kappa shape index (κ3) is 3.04. The summed E-state index contributed by atoms with van der Waals surface area (Å²) in [6.07, 6.45) is 1.62. The van der Waals surface area contributed by atoms with Crippen LogP contribution in [0.5, 0.6) is 0 Å². The number of carboxylic acid groups (broad SMARTS) is 1. The molecular formula is C11H13NO4S. The van der Waals surface area contributed by atoms with Gasteiger partial charge in [-0.2, -0.15) is 0 Å².